The molecule has 184 valence electrons. The van der Waals surface area contributed by atoms with E-state index in [1.54, 1.807) is 13.3 Å². The van der Waals surface area contributed by atoms with Gasteiger partial charge in [0.15, 0.2) is 0 Å². The number of nitrogens with one attached hydrogen (secondary N) is 1. The number of esters is 1. The second-order valence-electron chi connectivity index (χ2n) is 8.56. The highest BCUT2D eigenvalue weighted by molar-refractivity contribution is 6.00. The third-order valence-corrected chi connectivity index (χ3v) is 6.20. The Kier molecular flexibility index (Phi) is 7.95. The molecule has 0 bridgehead atoms. The molecule has 4 rings (SSSR count). The number of carbonyl (C=O) groups is 2. The average Bonchev–Trinajstić information content (AvgIpc) is 2.92. The molecule has 6 heteroatoms. The molecule has 1 amide bonds. The van der Waals surface area contributed by atoms with E-state index in [4.69, 9.17) is 9.47 Å². The molecule has 1 N–H and O–H groups in total. The Labute approximate surface area is 211 Å². The number of nitrogens with zero attached hydrogens (tertiary/aromatic N) is 1. The molecule has 0 saturated heterocycles. The number of benzene rings is 3. The third kappa shape index (κ3) is 5.38. The molecule has 36 heavy (non-hydrogen) atoms. The first kappa shape index (κ1) is 24.9. The second kappa shape index (κ2) is 11.5. The van der Waals surface area contributed by atoms with Crippen LogP contribution in [0.1, 0.15) is 51.6 Å². The molecule has 0 atom stereocenters. The topological polar surface area (TPSA) is 77.5 Å². The number of methoxy groups -OCH3 is 2. The van der Waals surface area contributed by atoms with E-state index in [-0.39, 0.29) is 5.91 Å². The molecule has 0 aliphatic rings. The number of rotatable bonds is 9. The normalized spacial score (nSPS) is 10.8. The Balaban J connectivity index is 1.80. The molecule has 3 aromatic carbocycles. The van der Waals surface area contributed by atoms with Crippen LogP contribution in [0.3, 0.4) is 0 Å². The fraction of sp³-hybridized carbons (Fsp3) is 0.233. The van der Waals surface area contributed by atoms with Gasteiger partial charge in [0.2, 0.25) is 0 Å². The van der Waals surface area contributed by atoms with Crippen LogP contribution in [0, 0.1) is 0 Å². The lowest BCUT2D eigenvalue weighted by molar-refractivity contribution is 0.0599. The molecular weight excluding hydrogens is 452 g/mol. The summed E-state index contributed by atoms with van der Waals surface area (Å²) in [6, 6.07) is 21.3. The Morgan fingerprint density at radius 2 is 1.72 bits per heavy atom. The smallest absolute Gasteiger partial charge is 0.339 e. The van der Waals surface area contributed by atoms with Crippen LogP contribution in [0.25, 0.3) is 22.0 Å². The van der Waals surface area contributed by atoms with Crippen molar-refractivity contribution in [1.29, 1.82) is 0 Å². The first-order valence-electron chi connectivity index (χ1n) is 12.1. The molecule has 0 saturated carbocycles. The molecule has 0 aliphatic heterocycles. The van der Waals surface area contributed by atoms with E-state index >= 15 is 0 Å². The highest BCUT2D eigenvalue weighted by Crippen LogP contribution is 2.36. The van der Waals surface area contributed by atoms with Gasteiger partial charge < -0.3 is 14.8 Å². The lowest BCUT2D eigenvalue weighted by atomic mass is 9.93. The second-order valence-corrected chi connectivity index (χ2v) is 8.56. The van der Waals surface area contributed by atoms with Crippen molar-refractivity contribution in [3.63, 3.8) is 0 Å². The van der Waals surface area contributed by atoms with E-state index in [1.807, 2.05) is 66.7 Å². The highest BCUT2D eigenvalue weighted by Gasteiger charge is 2.19. The van der Waals surface area contributed by atoms with Gasteiger partial charge in [0.05, 0.1) is 25.3 Å². The van der Waals surface area contributed by atoms with Crippen molar-refractivity contribution < 1.29 is 19.1 Å². The van der Waals surface area contributed by atoms with Crippen molar-refractivity contribution in [2.75, 3.05) is 20.8 Å². The van der Waals surface area contributed by atoms with Crippen LogP contribution in [0.15, 0.2) is 72.9 Å². The van der Waals surface area contributed by atoms with Crippen molar-refractivity contribution >= 4 is 22.8 Å². The summed E-state index contributed by atoms with van der Waals surface area (Å²) in [5.74, 6) is 0.148. The van der Waals surface area contributed by atoms with Gasteiger partial charge in [-0.3, -0.25) is 9.78 Å². The Morgan fingerprint density at radius 3 is 2.39 bits per heavy atom. The van der Waals surface area contributed by atoms with Gasteiger partial charge >= 0.3 is 5.97 Å². The fourth-order valence-electron chi connectivity index (χ4n) is 4.23. The maximum atomic E-state index is 12.6. The van der Waals surface area contributed by atoms with Gasteiger partial charge in [-0.1, -0.05) is 55.8 Å². The van der Waals surface area contributed by atoms with Crippen LogP contribution in [-0.2, 0) is 11.2 Å². The standard InChI is InChI=1S/C30H30N2O4/c1-4-5-15-31-29(33)22-13-11-21(12-14-22)23-17-25-24(16-20-9-7-6-8-10-20)26(30(34)36-3)19-32-27(25)18-28(23)35-2/h6-14,17-19H,4-5,15-16H2,1-3H3,(H,31,33). The van der Waals surface area contributed by atoms with Gasteiger partial charge in [-0.05, 0) is 47.7 Å². The molecule has 0 unspecified atom stereocenters. The summed E-state index contributed by atoms with van der Waals surface area (Å²) < 4.78 is 10.7. The molecule has 6 nitrogen and oxygen atoms in total. The van der Waals surface area contributed by atoms with Gasteiger partial charge in [0, 0.05) is 35.3 Å². The molecule has 1 heterocycles. The summed E-state index contributed by atoms with van der Waals surface area (Å²) in [7, 11) is 2.99. The lowest BCUT2D eigenvalue weighted by Gasteiger charge is -2.15. The minimum absolute atomic E-state index is 0.0856. The van der Waals surface area contributed by atoms with Crippen LogP contribution in [0.5, 0.6) is 5.75 Å². The van der Waals surface area contributed by atoms with Crippen LogP contribution >= 0.6 is 0 Å². The lowest BCUT2D eigenvalue weighted by Crippen LogP contribution is -2.24. The van der Waals surface area contributed by atoms with Crippen molar-refractivity contribution in [2.45, 2.75) is 26.2 Å². The van der Waals surface area contributed by atoms with Gasteiger partial charge in [0.1, 0.15) is 5.75 Å². The summed E-state index contributed by atoms with van der Waals surface area (Å²) in [5, 5.41) is 3.79. The molecule has 0 fully saturated rings. The van der Waals surface area contributed by atoms with Gasteiger partial charge in [-0.2, -0.15) is 0 Å². The number of fused-ring (bicyclic) bond motifs is 1. The number of amides is 1. The van der Waals surface area contributed by atoms with Gasteiger partial charge in [0.25, 0.3) is 5.91 Å². The van der Waals surface area contributed by atoms with E-state index in [1.165, 1.54) is 7.11 Å². The summed E-state index contributed by atoms with van der Waals surface area (Å²) in [6.45, 7) is 2.75. The number of aromatic nitrogens is 1. The Bertz CT molecular complexity index is 1370. The highest BCUT2D eigenvalue weighted by atomic mass is 16.5. The summed E-state index contributed by atoms with van der Waals surface area (Å²) >= 11 is 0. The molecular formula is C30H30N2O4. The van der Waals surface area contributed by atoms with E-state index < -0.39 is 5.97 Å². The van der Waals surface area contributed by atoms with Crippen molar-refractivity contribution in [1.82, 2.24) is 10.3 Å². The van der Waals surface area contributed by atoms with Crippen LogP contribution < -0.4 is 10.1 Å². The maximum Gasteiger partial charge on any atom is 0.339 e. The van der Waals surface area contributed by atoms with Crippen molar-refractivity contribution in [3.8, 4) is 16.9 Å². The van der Waals surface area contributed by atoms with Crippen LogP contribution in [0.4, 0.5) is 0 Å². The van der Waals surface area contributed by atoms with Crippen molar-refractivity contribution in [2.24, 2.45) is 0 Å². The van der Waals surface area contributed by atoms with Crippen LogP contribution in [0.2, 0.25) is 0 Å². The summed E-state index contributed by atoms with van der Waals surface area (Å²) in [5.41, 5.74) is 5.42. The molecule has 4 aromatic rings. The zero-order chi connectivity index (χ0) is 25.5. The number of carbonyl (C=O) groups excluding carboxylic acids is 2. The molecule has 1 aromatic heterocycles. The SMILES string of the molecule is CCCCNC(=O)c1ccc(-c2cc3c(Cc4ccccc4)c(C(=O)OC)cnc3cc2OC)cc1. The van der Waals surface area contributed by atoms with E-state index in [0.29, 0.717) is 29.8 Å². The first-order valence-corrected chi connectivity index (χ1v) is 12.1. The average molecular weight is 483 g/mol. The number of ether oxygens (including phenoxy) is 2. The molecule has 0 spiro atoms. The minimum atomic E-state index is -0.425. The van der Waals surface area contributed by atoms with Crippen LogP contribution in [-0.4, -0.2) is 37.6 Å². The molecule has 0 radical (unpaired) electrons. The quantitative estimate of drug-likeness (QED) is 0.240. The van der Waals surface area contributed by atoms with E-state index in [9.17, 15) is 9.59 Å². The van der Waals surface area contributed by atoms with E-state index in [0.717, 1.165) is 46.0 Å². The Hall–Kier alpha value is -4.19. The van der Waals surface area contributed by atoms with Gasteiger partial charge in [-0.25, -0.2) is 4.79 Å². The summed E-state index contributed by atoms with van der Waals surface area (Å²) in [4.78, 5) is 29.6. The number of unbranched alkanes of at least 4 members (excludes halogenated alkanes) is 1. The number of hydrogen-bond donors (Lipinski definition) is 1. The molecule has 0 aliphatic carbocycles. The third-order valence-electron chi connectivity index (χ3n) is 6.20. The fourth-order valence-corrected chi connectivity index (χ4v) is 4.23. The summed E-state index contributed by atoms with van der Waals surface area (Å²) in [6.07, 6.45) is 4.09. The minimum Gasteiger partial charge on any atom is -0.496 e. The predicted molar refractivity (Wildman–Crippen MR) is 142 cm³/mol. The largest absolute Gasteiger partial charge is 0.496 e. The Morgan fingerprint density at radius 1 is 0.972 bits per heavy atom. The van der Waals surface area contributed by atoms with Gasteiger partial charge in [-0.15, -0.1) is 0 Å². The monoisotopic (exact) mass is 482 g/mol. The van der Waals surface area contributed by atoms with Crippen molar-refractivity contribution in [3.05, 3.63) is 95.2 Å². The number of pyridine rings is 1. The maximum absolute atomic E-state index is 12.6. The van der Waals surface area contributed by atoms with E-state index in [2.05, 4.69) is 17.2 Å². The predicted octanol–water partition coefficient (Wildman–Crippen LogP) is 5.82. The number of hydrogen-bond acceptors (Lipinski definition) is 5. The zero-order valence-electron chi connectivity index (χ0n) is 20.8. The first-order chi connectivity index (χ1) is 17.5. The zero-order valence-corrected chi connectivity index (χ0v) is 20.8.